The van der Waals surface area contributed by atoms with Gasteiger partial charge in [-0.15, -0.1) is 0 Å². The third-order valence-corrected chi connectivity index (χ3v) is 4.12. The molecule has 0 aliphatic carbocycles. The minimum Gasteiger partial charge on any atom is -0.480 e. The summed E-state index contributed by atoms with van der Waals surface area (Å²) in [6.45, 7) is 4.64. The molecule has 0 spiro atoms. The van der Waals surface area contributed by atoms with Gasteiger partial charge in [-0.1, -0.05) is 6.92 Å². The van der Waals surface area contributed by atoms with E-state index in [1.807, 2.05) is 6.92 Å². The van der Waals surface area contributed by atoms with Crippen LogP contribution in [0.15, 0.2) is 22.8 Å². The van der Waals surface area contributed by atoms with E-state index < -0.39 is 18.1 Å². The minimum absolute atomic E-state index is 0.0524. The summed E-state index contributed by atoms with van der Waals surface area (Å²) in [5.41, 5.74) is 0. The van der Waals surface area contributed by atoms with Crippen LogP contribution in [0.4, 0.5) is 0 Å². The van der Waals surface area contributed by atoms with Crippen LogP contribution in [0.3, 0.4) is 0 Å². The van der Waals surface area contributed by atoms with Crippen molar-refractivity contribution < 1.29 is 19.1 Å². The van der Waals surface area contributed by atoms with Crippen LogP contribution in [0.1, 0.15) is 32.4 Å². The van der Waals surface area contributed by atoms with Gasteiger partial charge in [0.15, 0.2) is 0 Å². The first-order valence-electron chi connectivity index (χ1n) is 7.29. The molecule has 2 rings (SSSR count). The number of amides is 1. The molecular weight excluding hydrogens is 272 g/mol. The molecule has 1 fully saturated rings. The predicted molar refractivity (Wildman–Crippen MR) is 76.5 cm³/mol. The van der Waals surface area contributed by atoms with Gasteiger partial charge < -0.3 is 14.8 Å². The zero-order chi connectivity index (χ0) is 15.4. The second kappa shape index (κ2) is 6.76. The van der Waals surface area contributed by atoms with Crippen molar-refractivity contribution in [2.24, 2.45) is 5.92 Å². The molecule has 0 saturated carbocycles. The van der Waals surface area contributed by atoms with E-state index in [1.54, 1.807) is 30.2 Å². The van der Waals surface area contributed by atoms with E-state index >= 15 is 0 Å². The fourth-order valence-electron chi connectivity index (χ4n) is 2.93. The Balaban J connectivity index is 1.97. The molecule has 3 atom stereocenters. The molecule has 2 N–H and O–H groups in total. The number of carboxylic acids is 1. The number of hydrogen-bond acceptors (Lipinski definition) is 4. The molecule has 1 aliphatic rings. The SMILES string of the molecule is CC1CCCN(C(C)C(=O)NCc2ccco2)C1C(=O)O. The van der Waals surface area contributed by atoms with Crippen molar-refractivity contribution in [1.82, 2.24) is 10.2 Å². The third kappa shape index (κ3) is 3.64. The van der Waals surface area contributed by atoms with E-state index in [0.717, 1.165) is 12.8 Å². The molecule has 116 valence electrons. The Morgan fingerprint density at radius 1 is 1.57 bits per heavy atom. The summed E-state index contributed by atoms with van der Waals surface area (Å²) in [6, 6.07) is 2.48. The standard InChI is InChI=1S/C15H22N2O4/c1-10-5-3-7-17(13(10)15(19)20)11(2)14(18)16-9-12-6-4-8-21-12/h4,6,8,10-11,13H,3,5,7,9H2,1-2H3,(H,16,18)(H,19,20). The number of aliphatic carboxylic acids is 1. The van der Waals surface area contributed by atoms with Crippen LogP contribution in [-0.4, -0.2) is 40.5 Å². The lowest BCUT2D eigenvalue weighted by molar-refractivity contribution is -0.149. The average molecular weight is 294 g/mol. The Morgan fingerprint density at radius 2 is 2.33 bits per heavy atom. The van der Waals surface area contributed by atoms with Gasteiger partial charge in [-0.3, -0.25) is 14.5 Å². The van der Waals surface area contributed by atoms with Gasteiger partial charge >= 0.3 is 5.97 Å². The third-order valence-electron chi connectivity index (χ3n) is 4.12. The molecule has 1 aromatic rings. The van der Waals surface area contributed by atoms with Crippen LogP contribution >= 0.6 is 0 Å². The zero-order valence-corrected chi connectivity index (χ0v) is 12.4. The molecule has 0 aromatic carbocycles. The van der Waals surface area contributed by atoms with Gasteiger partial charge in [0.25, 0.3) is 0 Å². The minimum atomic E-state index is -0.854. The molecule has 1 amide bonds. The van der Waals surface area contributed by atoms with E-state index in [-0.39, 0.29) is 11.8 Å². The Bertz CT molecular complexity index is 486. The summed E-state index contributed by atoms with van der Waals surface area (Å²) >= 11 is 0. The summed E-state index contributed by atoms with van der Waals surface area (Å²) in [5, 5.41) is 12.2. The maximum absolute atomic E-state index is 12.2. The van der Waals surface area contributed by atoms with Gasteiger partial charge in [0.05, 0.1) is 18.8 Å². The molecule has 21 heavy (non-hydrogen) atoms. The quantitative estimate of drug-likeness (QED) is 0.859. The number of rotatable bonds is 5. The van der Waals surface area contributed by atoms with Crippen LogP contribution in [0.2, 0.25) is 0 Å². The first kappa shape index (κ1) is 15.6. The molecule has 6 heteroatoms. The molecule has 2 heterocycles. The number of carbonyl (C=O) groups is 2. The summed E-state index contributed by atoms with van der Waals surface area (Å²) in [7, 11) is 0. The number of nitrogens with one attached hydrogen (secondary N) is 1. The van der Waals surface area contributed by atoms with E-state index in [1.165, 1.54) is 0 Å². The van der Waals surface area contributed by atoms with Crippen LogP contribution in [-0.2, 0) is 16.1 Å². The van der Waals surface area contributed by atoms with Gasteiger partial charge in [-0.05, 0) is 44.4 Å². The Hall–Kier alpha value is -1.82. The average Bonchev–Trinajstić information content (AvgIpc) is 2.96. The first-order chi connectivity index (χ1) is 10.0. The van der Waals surface area contributed by atoms with Crippen molar-refractivity contribution in [3.8, 4) is 0 Å². The topological polar surface area (TPSA) is 82.8 Å². The van der Waals surface area contributed by atoms with Crippen LogP contribution < -0.4 is 5.32 Å². The smallest absolute Gasteiger partial charge is 0.321 e. The lowest BCUT2D eigenvalue weighted by Crippen LogP contribution is -2.56. The highest BCUT2D eigenvalue weighted by Gasteiger charge is 2.38. The highest BCUT2D eigenvalue weighted by Crippen LogP contribution is 2.25. The van der Waals surface area contributed by atoms with Crippen molar-refractivity contribution in [3.63, 3.8) is 0 Å². The molecule has 1 saturated heterocycles. The number of carbonyl (C=O) groups excluding carboxylic acids is 1. The fraction of sp³-hybridized carbons (Fsp3) is 0.600. The highest BCUT2D eigenvalue weighted by molar-refractivity contribution is 5.82. The molecule has 6 nitrogen and oxygen atoms in total. The molecular formula is C15H22N2O4. The fourth-order valence-corrected chi connectivity index (χ4v) is 2.93. The van der Waals surface area contributed by atoms with Crippen molar-refractivity contribution >= 4 is 11.9 Å². The summed E-state index contributed by atoms with van der Waals surface area (Å²) in [5.74, 6) is -0.298. The zero-order valence-electron chi connectivity index (χ0n) is 12.4. The number of furan rings is 1. The summed E-state index contributed by atoms with van der Waals surface area (Å²) in [6.07, 6.45) is 3.35. The lowest BCUT2D eigenvalue weighted by Gasteiger charge is -2.40. The van der Waals surface area contributed by atoms with Gasteiger partial charge in [-0.25, -0.2) is 0 Å². The highest BCUT2D eigenvalue weighted by atomic mass is 16.4. The van der Waals surface area contributed by atoms with E-state index in [4.69, 9.17) is 4.42 Å². The van der Waals surface area contributed by atoms with E-state index in [2.05, 4.69) is 5.32 Å². The van der Waals surface area contributed by atoms with E-state index in [9.17, 15) is 14.7 Å². The number of hydrogen-bond donors (Lipinski definition) is 2. The number of piperidine rings is 1. The normalized spacial score (nSPS) is 24.5. The predicted octanol–water partition coefficient (Wildman–Crippen LogP) is 1.47. The summed E-state index contributed by atoms with van der Waals surface area (Å²) < 4.78 is 5.16. The van der Waals surface area contributed by atoms with Gasteiger partial charge in [0, 0.05) is 0 Å². The van der Waals surface area contributed by atoms with Crippen molar-refractivity contribution in [1.29, 1.82) is 0 Å². The number of nitrogens with zero attached hydrogens (tertiary/aromatic N) is 1. The van der Waals surface area contributed by atoms with Crippen LogP contribution in [0.5, 0.6) is 0 Å². The second-order valence-electron chi connectivity index (χ2n) is 5.61. The largest absolute Gasteiger partial charge is 0.480 e. The van der Waals surface area contributed by atoms with Gasteiger partial charge in [-0.2, -0.15) is 0 Å². The van der Waals surface area contributed by atoms with Gasteiger partial charge in [0.1, 0.15) is 11.8 Å². The van der Waals surface area contributed by atoms with Gasteiger partial charge in [0.2, 0.25) is 5.91 Å². The Kier molecular flexibility index (Phi) is 5.01. The first-order valence-corrected chi connectivity index (χ1v) is 7.29. The monoisotopic (exact) mass is 294 g/mol. The number of carboxylic acid groups (broad SMARTS) is 1. The van der Waals surface area contributed by atoms with Crippen molar-refractivity contribution in [3.05, 3.63) is 24.2 Å². The molecule has 1 aromatic heterocycles. The Morgan fingerprint density at radius 3 is 2.95 bits per heavy atom. The van der Waals surface area contributed by atoms with Crippen LogP contribution in [0.25, 0.3) is 0 Å². The molecule has 1 aliphatic heterocycles. The number of likely N-dealkylation sites (tertiary alicyclic amines) is 1. The maximum Gasteiger partial charge on any atom is 0.321 e. The van der Waals surface area contributed by atoms with E-state index in [0.29, 0.717) is 18.8 Å². The van der Waals surface area contributed by atoms with Crippen LogP contribution in [0, 0.1) is 5.92 Å². The van der Waals surface area contributed by atoms with Crippen molar-refractivity contribution in [2.45, 2.75) is 45.3 Å². The molecule has 3 unspecified atom stereocenters. The maximum atomic E-state index is 12.2. The Labute approximate surface area is 124 Å². The van der Waals surface area contributed by atoms with Crippen molar-refractivity contribution in [2.75, 3.05) is 6.54 Å². The summed E-state index contributed by atoms with van der Waals surface area (Å²) in [4.78, 5) is 25.5. The lowest BCUT2D eigenvalue weighted by atomic mass is 9.89. The molecule has 0 radical (unpaired) electrons. The second-order valence-corrected chi connectivity index (χ2v) is 5.61. The molecule has 0 bridgehead atoms.